The Morgan fingerprint density at radius 2 is 2.31 bits per heavy atom. The summed E-state index contributed by atoms with van der Waals surface area (Å²) < 4.78 is 5.72. The molecule has 2 amide bonds. The number of carbonyl (C=O) groups is 2. The smallest absolute Gasteiger partial charge is 0.240 e. The van der Waals surface area contributed by atoms with E-state index >= 15 is 0 Å². The van der Waals surface area contributed by atoms with Crippen LogP contribution >= 0.6 is 15.9 Å². The zero-order valence-electron chi connectivity index (χ0n) is 8.87. The summed E-state index contributed by atoms with van der Waals surface area (Å²) >= 11 is 3.14. The van der Waals surface area contributed by atoms with E-state index in [1.165, 1.54) is 0 Å². The Labute approximate surface area is 103 Å². The highest BCUT2D eigenvalue weighted by atomic mass is 79.9. The molecule has 90 valence electrons. The topological polar surface area (TPSA) is 81.4 Å². The van der Waals surface area contributed by atoms with Gasteiger partial charge >= 0.3 is 0 Å². The van der Waals surface area contributed by atoms with Gasteiger partial charge in [0.15, 0.2) is 0 Å². The predicted molar refractivity (Wildman–Crippen MR) is 62.7 cm³/mol. The molecule has 1 rings (SSSR count). The summed E-state index contributed by atoms with van der Waals surface area (Å²) in [5.41, 5.74) is 5.19. The van der Waals surface area contributed by atoms with Gasteiger partial charge in [-0.15, -0.1) is 0 Å². The minimum absolute atomic E-state index is 0.176. The summed E-state index contributed by atoms with van der Waals surface area (Å²) in [6.45, 7) is 4.61. The lowest BCUT2D eigenvalue weighted by molar-refractivity contribution is -0.129. The van der Waals surface area contributed by atoms with Crippen molar-refractivity contribution >= 4 is 27.7 Å². The fraction of sp³-hybridized carbons (Fsp3) is 0.600. The monoisotopic (exact) mass is 290 g/mol. The summed E-state index contributed by atoms with van der Waals surface area (Å²) in [5, 5.41) is 2.61. The summed E-state index contributed by atoms with van der Waals surface area (Å²) in [5.74, 6) is -0.923. The van der Waals surface area contributed by atoms with E-state index in [-0.39, 0.29) is 11.8 Å². The third-order valence-electron chi connectivity index (χ3n) is 2.39. The van der Waals surface area contributed by atoms with Crippen molar-refractivity contribution in [1.29, 1.82) is 0 Å². The maximum Gasteiger partial charge on any atom is 0.240 e. The van der Waals surface area contributed by atoms with Crippen molar-refractivity contribution in [2.24, 2.45) is 11.7 Å². The highest BCUT2D eigenvalue weighted by molar-refractivity contribution is 9.11. The maximum atomic E-state index is 11.7. The van der Waals surface area contributed by atoms with Gasteiger partial charge in [-0.2, -0.15) is 0 Å². The van der Waals surface area contributed by atoms with Crippen LogP contribution in [0.1, 0.15) is 12.8 Å². The van der Waals surface area contributed by atoms with Gasteiger partial charge in [-0.3, -0.25) is 9.59 Å². The Morgan fingerprint density at radius 1 is 1.62 bits per heavy atom. The molecule has 1 saturated heterocycles. The average molecular weight is 291 g/mol. The van der Waals surface area contributed by atoms with Gasteiger partial charge in [0.05, 0.1) is 12.5 Å². The van der Waals surface area contributed by atoms with Crippen molar-refractivity contribution in [2.75, 3.05) is 13.2 Å². The number of hydrogen-bond donors (Lipinski definition) is 2. The molecule has 5 nitrogen and oxygen atoms in total. The molecule has 2 atom stereocenters. The third kappa shape index (κ3) is 3.94. The number of rotatable bonds is 5. The first-order valence-electron chi connectivity index (χ1n) is 5.01. The molecule has 16 heavy (non-hydrogen) atoms. The first-order valence-corrected chi connectivity index (χ1v) is 5.80. The maximum absolute atomic E-state index is 11.7. The van der Waals surface area contributed by atoms with E-state index in [2.05, 4.69) is 27.8 Å². The molecule has 0 spiro atoms. The fourth-order valence-electron chi connectivity index (χ4n) is 1.48. The molecule has 0 bridgehead atoms. The number of carbonyl (C=O) groups excluding carboxylic acids is 2. The first-order chi connectivity index (χ1) is 7.50. The van der Waals surface area contributed by atoms with E-state index in [1.807, 2.05) is 0 Å². The van der Waals surface area contributed by atoms with E-state index in [0.717, 1.165) is 0 Å². The number of nitrogens with two attached hydrogens (primary N) is 1. The highest BCUT2D eigenvalue weighted by Gasteiger charge is 2.27. The standard InChI is InChI=1S/C10H15BrN2O3/c1-6(11)4-8(9(12)14)13-10(15)7-2-3-16-5-7/h7-8H,1-5H2,(H2,12,14)(H,13,15)/t7-,8-/m1/s1. The van der Waals surface area contributed by atoms with Crippen molar-refractivity contribution in [2.45, 2.75) is 18.9 Å². The lowest BCUT2D eigenvalue weighted by Gasteiger charge is -2.17. The largest absolute Gasteiger partial charge is 0.381 e. The Hall–Kier alpha value is -0.880. The van der Waals surface area contributed by atoms with Crippen molar-refractivity contribution in [3.63, 3.8) is 0 Å². The van der Waals surface area contributed by atoms with Crippen LogP contribution < -0.4 is 11.1 Å². The fourth-order valence-corrected chi connectivity index (χ4v) is 1.80. The Balaban J connectivity index is 2.50. The lowest BCUT2D eigenvalue weighted by Crippen LogP contribution is -2.46. The average Bonchev–Trinajstić information content (AvgIpc) is 2.68. The number of nitrogens with one attached hydrogen (secondary N) is 1. The second-order valence-electron chi connectivity index (χ2n) is 3.75. The minimum Gasteiger partial charge on any atom is -0.381 e. The van der Waals surface area contributed by atoms with Crippen LogP contribution in [-0.4, -0.2) is 31.1 Å². The molecule has 1 heterocycles. The molecule has 1 aliphatic heterocycles. The lowest BCUT2D eigenvalue weighted by atomic mass is 10.1. The Morgan fingerprint density at radius 3 is 2.75 bits per heavy atom. The van der Waals surface area contributed by atoms with Crippen LogP contribution in [0.5, 0.6) is 0 Å². The van der Waals surface area contributed by atoms with E-state index in [4.69, 9.17) is 10.5 Å². The van der Waals surface area contributed by atoms with Gasteiger partial charge in [0.25, 0.3) is 0 Å². The molecule has 0 radical (unpaired) electrons. The van der Waals surface area contributed by atoms with Gasteiger partial charge < -0.3 is 15.8 Å². The van der Waals surface area contributed by atoms with E-state index in [1.54, 1.807) is 0 Å². The highest BCUT2D eigenvalue weighted by Crippen LogP contribution is 2.14. The van der Waals surface area contributed by atoms with Gasteiger partial charge in [0.2, 0.25) is 11.8 Å². The first kappa shape index (κ1) is 13.2. The van der Waals surface area contributed by atoms with E-state index in [9.17, 15) is 9.59 Å². The van der Waals surface area contributed by atoms with Crippen LogP contribution in [0.25, 0.3) is 0 Å². The van der Waals surface area contributed by atoms with E-state index < -0.39 is 11.9 Å². The van der Waals surface area contributed by atoms with Crippen molar-refractivity contribution in [3.05, 3.63) is 11.1 Å². The molecule has 1 fully saturated rings. The quantitative estimate of drug-likeness (QED) is 0.764. The van der Waals surface area contributed by atoms with Crippen LogP contribution in [0, 0.1) is 5.92 Å². The van der Waals surface area contributed by atoms with Gasteiger partial charge in [0, 0.05) is 13.0 Å². The number of amides is 2. The van der Waals surface area contributed by atoms with Gasteiger partial charge in [-0.25, -0.2) is 0 Å². The SMILES string of the molecule is C=C(Br)C[C@@H](NC(=O)[C@@H]1CCOC1)C(N)=O. The Bertz CT molecular complexity index is 300. The van der Waals surface area contributed by atoms with Crippen molar-refractivity contribution in [1.82, 2.24) is 5.32 Å². The van der Waals surface area contributed by atoms with Gasteiger partial charge in [0.1, 0.15) is 6.04 Å². The molecule has 3 N–H and O–H groups in total. The second kappa shape index (κ2) is 6.00. The zero-order valence-corrected chi connectivity index (χ0v) is 10.5. The second-order valence-corrected chi connectivity index (χ2v) is 4.87. The molecule has 0 aliphatic carbocycles. The minimum atomic E-state index is -0.708. The molecule has 0 aromatic rings. The van der Waals surface area contributed by atoms with Crippen molar-refractivity contribution in [3.8, 4) is 0 Å². The molecule has 0 unspecified atom stereocenters. The van der Waals surface area contributed by atoms with Crippen LogP contribution in [0.3, 0.4) is 0 Å². The summed E-state index contributed by atoms with van der Waals surface area (Å²) in [6, 6.07) is -0.708. The molecular weight excluding hydrogens is 276 g/mol. The number of ether oxygens (including phenoxy) is 1. The number of halogens is 1. The molecule has 0 aromatic carbocycles. The van der Waals surface area contributed by atoms with E-state index in [0.29, 0.717) is 30.5 Å². The zero-order chi connectivity index (χ0) is 12.1. The third-order valence-corrected chi connectivity index (χ3v) is 2.71. The molecule has 0 saturated carbocycles. The Kier molecular flexibility index (Phi) is 4.95. The normalized spacial score (nSPS) is 21.4. The van der Waals surface area contributed by atoms with Gasteiger partial charge in [-0.05, 0) is 10.9 Å². The summed E-state index contributed by atoms with van der Waals surface area (Å²) in [6.07, 6.45) is 0.987. The van der Waals surface area contributed by atoms with Crippen LogP contribution in [0.4, 0.5) is 0 Å². The van der Waals surface area contributed by atoms with Gasteiger partial charge in [-0.1, -0.05) is 22.5 Å². The summed E-state index contributed by atoms with van der Waals surface area (Å²) in [4.78, 5) is 22.8. The van der Waals surface area contributed by atoms with Crippen LogP contribution in [-0.2, 0) is 14.3 Å². The predicted octanol–water partition coefficient (Wildman–Crippen LogP) is 0.292. The molecule has 1 aliphatic rings. The number of hydrogen-bond acceptors (Lipinski definition) is 3. The van der Waals surface area contributed by atoms with Crippen molar-refractivity contribution < 1.29 is 14.3 Å². The molecular formula is C10H15BrN2O3. The number of primary amides is 1. The molecule has 6 heteroatoms. The molecule has 0 aromatic heterocycles. The summed E-state index contributed by atoms with van der Waals surface area (Å²) in [7, 11) is 0. The van der Waals surface area contributed by atoms with Crippen LogP contribution in [0.15, 0.2) is 11.1 Å². The van der Waals surface area contributed by atoms with Crippen LogP contribution in [0.2, 0.25) is 0 Å².